The van der Waals surface area contributed by atoms with Crippen LogP contribution in [0.1, 0.15) is 31.9 Å². The maximum absolute atomic E-state index is 5.72. The molecule has 78 valence electrons. The third-order valence-electron chi connectivity index (χ3n) is 1.85. The van der Waals surface area contributed by atoms with Crippen molar-refractivity contribution in [3.63, 3.8) is 0 Å². The molecule has 0 bridgehead atoms. The Morgan fingerprint density at radius 1 is 1.07 bits per heavy atom. The van der Waals surface area contributed by atoms with E-state index in [1.54, 1.807) is 0 Å². The minimum absolute atomic E-state index is 0.338. The first-order valence-electron chi connectivity index (χ1n) is 4.79. The van der Waals surface area contributed by atoms with E-state index in [0.717, 1.165) is 5.75 Å². The highest BCUT2D eigenvalue weighted by Crippen LogP contribution is 2.27. The van der Waals surface area contributed by atoms with Crippen molar-refractivity contribution in [2.24, 2.45) is 0 Å². The van der Waals surface area contributed by atoms with Crippen molar-refractivity contribution in [2.45, 2.75) is 37.2 Å². The summed E-state index contributed by atoms with van der Waals surface area (Å²) >= 11 is 7.69. The number of thioether (sulfide) groups is 1. The number of halogens is 1. The quantitative estimate of drug-likeness (QED) is 0.689. The molecule has 2 heteroatoms. The van der Waals surface area contributed by atoms with Crippen molar-refractivity contribution >= 4 is 23.4 Å². The molecule has 0 unspecified atom stereocenters. The van der Waals surface area contributed by atoms with Crippen LogP contribution in [-0.2, 0) is 11.6 Å². The molecule has 0 radical (unpaired) electrons. The molecule has 0 aliphatic carbocycles. The highest BCUT2D eigenvalue weighted by atomic mass is 35.5. The van der Waals surface area contributed by atoms with E-state index in [9.17, 15) is 0 Å². The number of benzene rings is 1. The molecule has 1 rings (SSSR count). The lowest BCUT2D eigenvalue weighted by molar-refractivity contribution is 0.802. The van der Waals surface area contributed by atoms with Crippen LogP contribution in [0.15, 0.2) is 24.3 Å². The fourth-order valence-electron chi connectivity index (χ4n) is 1.02. The smallest absolute Gasteiger partial charge is 0.0474 e. The SMILES string of the molecule is CC(C)(C)SCc1ccc(CCl)cc1. The zero-order valence-corrected chi connectivity index (χ0v) is 10.6. The number of alkyl halides is 1. The molecule has 0 saturated carbocycles. The molecule has 0 aromatic heterocycles. The highest BCUT2D eigenvalue weighted by Gasteiger charge is 2.10. The molecule has 0 amide bonds. The van der Waals surface area contributed by atoms with Crippen molar-refractivity contribution < 1.29 is 0 Å². The van der Waals surface area contributed by atoms with E-state index in [1.165, 1.54) is 11.1 Å². The Bertz CT molecular complexity index is 271. The van der Waals surface area contributed by atoms with E-state index in [0.29, 0.717) is 10.6 Å². The van der Waals surface area contributed by atoms with Gasteiger partial charge in [-0.2, -0.15) is 11.8 Å². The lowest BCUT2D eigenvalue weighted by Gasteiger charge is -2.17. The van der Waals surface area contributed by atoms with E-state index in [-0.39, 0.29) is 0 Å². The zero-order valence-electron chi connectivity index (χ0n) is 9.01. The van der Waals surface area contributed by atoms with Gasteiger partial charge in [-0.1, -0.05) is 45.0 Å². The van der Waals surface area contributed by atoms with E-state index in [1.807, 2.05) is 11.8 Å². The Kier molecular flexibility index (Phi) is 4.33. The monoisotopic (exact) mass is 228 g/mol. The van der Waals surface area contributed by atoms with E-state index in [4.69, 9.17) is 11.6 Å². The first-order chi connectivity index (χ1) is 6.51. The van der Waals surface area contributed by atoms with E-state index in [2.05, 4.69) is 45.0 Å². The van der Waals surface area contributed by atoms with Crippen molar-refractivity contribution in [1.29, 1.82) is 0 Å². The lowest BCUT2D eigenvalue weighted by Crippen LogP contribution is -2.07. The number of hydrogen-bond acceptors (Lipinski definition) is 1. The third-order valence-corrected chi connectivity index (χ3v) is 3.50. The average Bonchev–Trinajstić information content (AvgIpc) is 2.14. The van der Waals surface area contributed by atoms with Crippen LogP contribution in [0.2, 0.25) is 0 Å². The van der Waals surface area contributed by atoms with E-state index >= 15 is 0 Å². The fourth-order valence-corrected chi connectivity index (χ4v) is 1.99. The summed E-state index contributed by atoms with van der Waals surface area (Å²) in [5.74, 6) is 1.68. The van der Waals surface area contributed by atoms with Crippen LogP contribution in [-0.4, -0.2) is 4.75 Å². The zero-order chi connectivity index (χ0) is 10.6. The van der Waals surface area contributed by atoms with Crippen LogP contribution in [0.5, 0.6) is 0 Å². The standard InChI is InChI=1S/C12H17ClS/c1-12(2,3)14-9-11-6-4-10(8-13)5-7-11/h4-7H,8-9H2,1-3H3. The minimum atomic E-state index is 0.338. The van der Waals surface area contributed by atoms with Crippen molar-refractivity contribution in [2.75, 3.05) is 0 Å². The molecule has 14 heavy (non-hydrogen) atoms. The summed E-state index contributed by atoms with van der Waals surface area (Å²) in [5.41, 5.74) is 2.56. The second kappa shape index (κ2) is 5.09. The van der Waals surface area contributed by atoms with Gasteiger partial charge < -0.3 is 0 Å². The van der Waals surface area contributed by atoms with Gasteiger partial charge in [-0.3, -0.25) is 0 Å². The molecule has 0 N–H and O–H groups in total. The van der Waals surface area contributed by atoms with Crippen LogP contribution >= 0.6 is 23.4 Å². The molecule has 0 nitrogen and oxygen atoms in total. The molecule has 1 aromatic carbocycles. The van der Waals surface area contributed by atoms with Gasteiger partial charge in [0.1, 0.15) is 0 Å². The van der Waals surface area contributed by atoms with Gasteiger partial charge in [0.15, 0.2) is 0 Å². The molecule has 0 aliphatic heterocycles. The lowest BCUT2D eigenvalue weighted by atomic mass is 10.2. The fraction of sp³-hybridized carbons (Fsp3) is 0.500. The molecule has 0 fully saturated rings. The Balaban J connectivity index is 2.52. The first kappa shape index (κ1) is 11.9. The molecule has 0 spiro atoms. The van der Waals surface area contributed by atoms with Gasteiger partial charge in [-0.05, 0) is 11.1 Å². The number of hydrogen-bond donors (Lipinski definition) is 0. The maximum Gasteiger partial charge on any atom is 0.0474 e. The van der Waals surface area contributed by atoms with Crippen LogP contribution < -0.4 is 0 Å². The van der Waals surface area contributed by atoms with E-state index < -0.39 is 0 Å². The maximum atomic E-state index is 5.72. The molecular formula is C12H17ClS. The van der Waals surface area contributed by atoms with Gasteiger partial charge in [0.05, 0.1) is 0 Å². The second-order valence-electron chi connectivity index (χ2n) is 4.35. The molecular weight excluding hydrogens is 212 g/mol. The summed E-state index contributed by atoms with van der Waals surface area (Å²) < 4.78 is 0.338. The number of rotatable bonds is 3. The predicted octanol–water partition coefficient (Wildman–Crippen LogP) is 4.46. The summed E-state index contributed by atoms with van der Waals surface area (Å²) in [6, 6.07) is 8.53. The van der Waals surface area contributed by atoms with Crippen LogP contribution in [0.4, 0.5) is 0 Å². The largest absolute Gasteiger partial charge is 0.151 e. The van der Waals surface area contributed by atoms with Crippen LogP contribution in [0, 0.1) is 0 Å². The van der Waals surface area contributed by atoms with Crippen molar-refractivity contribution in [1.82, 2.24) is 0 Å². The van der Waals surface area contributed by atoms with Gasteiger partial charge in [0.2, 0.25) is 0 Å². The summed E-state index contributed by atoms with van der Waals surface area (Å²) in [7, 11) is 0. The first-order valence-corrected chi connectivity index (χ1v) is 6.31. The third kappa shape index (κ3) is 4.39. The second-order valence-corrected chi connectivity index (χ2v) is 6.42. The molecule has 0 saturated heterocycles. The van der Waals surface area contributed by atoms with Crippen molar-refractivity contribution in [3.8, 4) is 0 Å². The normalized spacial score (nSPS) is 11.7. The Hall–Kier alpha value is -0.140. The van der Waals surface area contributed by atoms with Gasteiger partial charge in [-0.15, -0.1) is 11.6 Å². The van der Waals surface area contributed by atoms with Crippen LogP contribution in [0.3, 0.4) is 0 Å². The Morgan fingerprint density at radius 2 is 1.57 bits per heavy atom. The van der Waals surface area contributed by atoms with Crippen molar-refractivity contribution in [3.05, 3.63) is 35.4 Å². The van der Waals surface area contributed by atoms with Gasteiger partial charge in [0, 0.05) is 16.4 Å². The van der Waals surface area contributed by atoms with Gasteiger partial charge in [-0.25, -0.2) is 0 Å². The Labute approximate surface area is 96.0 Å². The summed E-state index contributed by atoms with van der Waals surface area (Å²) in [5, 5.41) is 0. The summed E-state index contributed by atoms with van der Waals surface area (Å²) in [4.78, 5) is 0. The van der Waals surface area contributed by atoms with Gasteiger partial charge >= 0.3 is 0 Å². The topological polar surface area (TPSA) is 0 Å². The molecule has 1 aromatic rings. The summed E-state index contributed by atoms with van der Waals surface area (Å²) in [6.07, 6.45) is 0. The average molecular weight is 229 g/mol. The summed E-state index contributed by atoms with van der Waals surface area (Å²) in [6.45, 7) is 6.72. The highest BCUT2D eigenvalue weighted by molar-refractivity contribution is 7.99. The molecule has 0 aliphatic rings. The molecule has 0 heterocycles. The van der Waals surface area contributed by atoms with Crippen LogP contribution in [0.25, 0.3) is 0 Å². The predicted molar refractivity (Wildman–Crippen MR) is 67.0 cm³/mol. The molecule has 0 atom stereocenters. The minimum Gasteiger partial charge on any atom is -0.151 e. The van der Waals surface area contributed by atoms with Gasteiger partial charge in [0.25, 0.3) is 0 Å². The Morgan fingerprint density at radius 3 is 2.00 bits per heavy atom.